The quantitative estimate of drug-likeness (QED) is 0.717. The Morgan fingerprint density at radius 1 is 1.18 bits per heavy atom. The maximum Gasteiger partial charge on any atom is 0.254 e. The van der Waals surface area contributed by atoms with E-state index < -0.39 is 0 Å². The van der Waals surface area contributed by atoms with Crippen molar-refractivity contribution in [1.29, 1.82) is 0 Å². The lowest BCUT2D eigenvalue weighted by Crippen LogP contribution is -2.47. The largest absolute Gasteiger partial charge is 0.336 e. The standard InChI is InChI=1S/C11H13Br2N3O/c1-15-2-4-16(5-3-15)11(17)8-6-9(12)14-10(13)7-8/h6-7H,2-5H2,1H3. The molecule has 92 valence electrons. The first-order chi connectivity index (χ1) is 8.06. The molecular formula is C11H13Br2N3O. The van der Waals surface area contributed by atoms with Crippen LogP contribution in [0.3, 0.4) is 0 Å². The summed E-state index contributed by atoms with van der Waals surface area (Å²) in [7, 11) is 2.07. The van der Waals surface area contributed by atoms with Crippen LogP contribution in [-0.2, 0) is 0 Å². The van der Waals surface area contributed by atoms with Crippen LogP contribution in [0.5, 0.6) is 0 Å². The Hall–Kier alpha value is -0.460. The minimum Gasteiger partial charge on any atom is -0.336 e. The van der Waals surface area contributed by atoms with E-state index in [1.165, 1.54) is 0 Å². The molecule has 2 heterocycles. The number of hydrogen-bond donors (Lipinski definition) is 0. The fourth-order valence-electron chi connectivity index (χ4n) is 1.78. The van der Waals surface area contributed by atoms with Crippen molar-refractivity contribution in [2.45, 2.75) is 0 Å². The average molecular weight is 363 g/mol. The van der Waals surface area contributed by atoms with Crippen molar-refractivity contribution >= 4 is 37.8 Å². The SMILES string of the molecule is CN1CCN(C(=O)c2cc(Br)nc(Br)c2)CC1. The molecule has 0 saturated carbocycles. The van der Waals surface area contributed by atoms with E-state index in [0.717, 1.165) is 26.2 Å². The Labute approximate surface area is 117 Å². The van der Waals surface area contributed by atoms with Crippen LogP contribution < -0.4 is 0 Å². The molecule has 0 aliphatic carbocycles. The zero-order valence-electron chi connectivity index (χ0n) is 9.49. The fraction of sp³-hybridized carbons (Fsp3) is 0.455. The molecule has 0 spiro atoms. The predicted molar refractivity (Wildman–Crippen MR) is 73.0 cm³/mol. The van der Waals surface area contributed by atoms with Crippen molar-refractivity contribution in [3.05, 3.63) is 26.9 Å². The van der Waals surface area contributed by atoms with Crippen LogP contribution in [0, 0.1) is 0 Å². The second kappa shape index (κ2) is 5.46. The lowest BCUT2D eigenvalue weighted by molar-refractivity contribution is 0.0664. The molecule has 1 aliphatic heterocycles. The summed E-state index contributed by atoms with van der Waals surface area (Å²) in [6.07, 6.45) is 0. The van der Waals surface area contributed by atoms with Crippen LogP contribution in [-0.4, -0.2) is 53.9 Å². The summed E-state index contributed by atoms with van der Waals surface area (Å²) in [6, 6.07) is 3.51. The Morgan fingerprint density at radius 2 is 1.71 bits per heavy atom. The van der Waals surface area contributed by atoms with E-state index in [1.807, 2.05) is 4.90 Å². The number of pyridine rings is 1. The summed E-state index contributed by atoms with van der Waals surface area (Å²) in [4.78, 5) is 20.5. The van der Waals surface area contributed by atoms with Gasteiger partial charge in [-0.2, -0.15) is 0 Å². The van der Waals surface area contributed by atoms with Crippen LogP contribution >= 0.6 is 31.9 Å². The number of halogens is 2. The van der Waals surface area contributed by atoms with E-state index in [2.05, 4.69) is 48.8 Å². The van der Waals surface area contributed by atoms with Crippen molar-refractivity contribution in [3.8, 4) is 0 Å². The van der Waals surface area contributed by atoms with Gasteiger partial charge >= 0.3 is 0 Å². The number of nitrogens with zero attached hydrogens (tertiary/aromatic N) is 3. The topological polar surface area (TPSA) is 36.4 Å². The van der Waals surface area contributed by atoms with Crippen LogP contribution in [0.15, 0.2) is 21.3 Å². The number of carbonyl (C=O) groups excluding carboxylic acids is 1. The lowest BCUT2D eigenvalue weighted by Gasteiger charge is -2.32. The third-order valence-electron chi connectivity index (χ3n) is 2.80. The Morgan fingerprint density at radius 3 is 2.24 bits per heavy atom. The summed E-state index contributed by atoms with van der Waals surface area (Å²) in [5.41, 5.74) is 0.670. The first-order valence-electron chi connectivity index (χ1n) is 5.37. The molecule has 1 aromatic heterocycles. The highest BCUT2D eigenvalue weighted by atomic mass is 79.9. The third kappa shape index (κ3) is 3.26. The Bertz CT molecular complexity index is 410. The van der Waals surface area contributed by atoms with Gasteiger partial charge in [-0.25, -0.2) is 4.98 Å². The van der Waals surface area contributed by atoms with Crippen LogP contribution in [0.2, 0.25) is 0 Å². The van der Waals surface area contributed by atoms with E-state index in [4.69, 9.17) is 0 Å². The molecule has 0 radical (unpaired) electrons. The van der Waals surface area contributed by atoms with Crippen molar-refractivity contribution in [3.63, 3.8) is 0 Å². The van der Waals surface area contributed by atoms with Crippen molar-refractivity contribution in [2.75, 3.05) is 33.2 Å². The van der Waals surface area contributed by atoms with Gasteiger partial charge in [0.15, 0.2) is 0 Å². The van der Waals surface area contributed by atoms with Crippen molar-refractivity contribution < 1.29 is 4.79 Å². The molecule has 6 heteroatoms. The Balaban J connectivity index is 2.14. The zero-order chi connectivity index (χ0) is 12.4. The van der Waals surface area contributed by atoms with Gasteiger partial charge < -0.3 is 9.80 Å². The highest BCUT2D eigenvalue weighted by molar-refractivity contribution is 9.11. The summed E-state index contributed by atoms with van der Waals surface area (Å²) in [6.45, 7) is 3.43. The second-order valence-corrected chi connectivity index (χ2v) is 5.72. The van der Waals surface area contributed by atoms with Gasteiger partial charge in [0.25, 0.3) is 5.91 Å². The molecule has 1 saturated heterocycles. The van der Waals surface area contributed by atoms with E-state index in [-0.39, 0.29) is 5.91 Å². The molecule has 1 aliphatic rings. The second-order valence-electron chi connectivity index (χ2n) is 4.10. The van der Waals surface area contributed by atoms with Gasteiger partial charge in [-0.05, 0) is 51.0 Å². The first kappa shape index (κ1) is 13.0. The Kier molecular flexibility index (Phi) is 4.17. The van der Waals surface area contributed by atoms with Crippen molar-refractivity contribution in [2.24, 2.45) is 0 Å². The number of aromatic nitrogens is 1. The van der Waals surface area contributed by atoms with E-state index >= 15 is 0 Å². The van der Waals surface area contributed by atoms with Gasteiger partial charge in [0.05, 0.1) is 0 Å². The summed E-state index contributed by atoms with van der Waals surface area (Å²) in [5.74, 6) is 0.0712. The zero-order valence-corrected chi connectivity index (χ0v) is 12.7. The normalized spacial score (nSPS) is 17.2. The molecule has 1 amide bonds. The average Bonchev–Trinajstić information content (AvgIpc) is 2.28. The number of piperazine rings is 1. The maximum atomic E-state index is 12.2. The molecule has 0 bridgehead atoms. The number of likely N-dealkylation sites (N-methyl/N-ethyl adjacent to an activating group) is 1. The highest BCUT2D eigenvalue weighted by Crippen LogP contribution is 2.17. The van der Waals surface area contributed by atoms with Gasteiger partial charge in [0.1, 0.15) is 9.21 Å². The maximum absolute atomic E-state index is 12.2. The number of rotatable bonds is 1. The monoisotopic (exact) mass is 361 g/mol. The molecular weight excluding hydrogens is 350 g/mol. The van der Waals surface area contributed by atoms with E-state index in [1.54, 1.807) is 12.1 Å². The van der Waals surface area contributed by atoms with E-state index in [9.17, 15) is 4.79 Å². The van der Waals surface area contributed by atoms with Gasteiger partial charge in [-0.3, -0.25) is 4.79 Å². The first-order valence-corrected chi connectivity index (χ1v) is 6.96. The van der Waals surface area contributed by atoms with Gasteiger partial charge in [-0.15, -0.1) is 0 Å². The molecule has 1 aromatic rings. The highest BCUT2D eigenvalue weighted by Gasteiger charge is 2.20. The van der Waals surface area contributed by atoms with Gasteiger partial charge in [0.2, 0.25) is 0 Å². The molecule has 0 unspecified atom stereocenters. The number of hydrogen-bond acceptors (Lipinski definition) is 3. The molecule has 2 rings (SSSR count). The summed E-state index contributed by atoms with van der Waals surface area (Å²) >= 11 is 6.59. The number of carbonyl (C=O) groups is 1. The lowest BCUT2D eigenvalue weighted by atomic mass is 10.2. The van der Waals surface area contributed by atoms with Crippen molar-refractivity contribution in [1.82, 2.24) is 14.8 Å². The smallest absolute Gasteiger partial charge is 0.254 e. The van der Waals surface area contributed by atoms with Gasteiger partial charge in [-0.1, -0.05) is 0 Å². The molecule has 1 fully saturated rings. The van der Waals surface area contributed by atoms with Gasteiger partial charge in [0, 0.05) is 31.7 Å². The van der Waals surface area contributed by atoms with E-state index in [0.29, 0.717) is 14.8 Å². The molecule has 0 N–H and O–H groups in total. The van der Waals surface area contributed by atoms with Crippen LogP contribution in [0.4, 0.5) is 0 Å². The minimum atomic E-state index is 0.0712. The fourth-order valence-corrected chi connectivity index (χ4v) is 2.89. The minimum absolute atomic E-state index is 0.0712. The molecule has 0 aromatic carbocycles. The van der Waals surface area contributed by atoms with Crippen LogP contribution in [0.1, 0.15) is 10.4 Å². The molecule has 0 atom stereocenters. The molecule has 4 nitrogen and oxygen atoms in total. The summed E-state index contributed by atoms with van der Waals surface area (Å²) < 4.78 is 1.34. The predicted octanol–water partition coefficient (Wildman–Crippen LogP) is 1.99. The third-order valence-corrected chi connectivity index (χ3v) is 3.61. The number of amides is 1. The summed E-state index contributed by atoms with van der Waals surface area (Å²) in [5, 5.41) is 0. The van der Waals surface area contributed by atoms with Crippen LogP contribution in [0.25, 0.3) is 0 Å². The molecule has 17 heavy (non-hydrogen) atoms.